The van der Waals surface area contributed by atoms with Gasteiger partial charge in [-0.05, 0) is 52.9 Å². The molecule has 0 bridgehead atoms. The summed E-state index contributed by atoms with van der Waals surface area (Å²) < 4.78 is 6.68. The highest BCUT2D eigenvalue weighted by molar-refractivity contribution is 5.91. The lowest BCUT2D eigenvalue weighted by molar-refractivity contribution is -0.120. The third kappa shape index (κ3) is 2.72. The topological polar surface area (TPSA) is 81.9 Å². The SMILES string of the molecule is COc1ccc2c(c1)CCC(C(=O)Nc1nnnn1C)C2. The number of nitrogens with one attached hydrogen (secondary N) is 1. The molecular formula is C14H17N5O2. The summed E-state index contributed by atoms with van der Waals surface area (Å²) >= 11 is 0. The molecule has 2 aromatic rings. The zero-order valence-corrected chi connectivity index (χ0v) is 12.0. The molecule has 1 amide bonds. The number of tetrazole rings is 1. The van der Waals surface area contributed by atoms with Crippen LogP contribution in [-0.2, 0) is 24.7 Å². The number of aryl methyl sites for hydroxylation is 2. The quantitative estimate of drug-likeness (QED) is 0.909. The second kappa shape index (κ2) is 5.51. The van der Waals surface area contributed by atoms with Crippen molar-refractivity contribution in [3.63, 3.8) is 0 Å². The normalized spacial score (nSPS) is 17.1. The Kier molecular flexibility index (Phi) is 3.55. The molecule has 0 radical (unpaired) electrons. The van der Waals surface area contributed by atoms with Gasteiger partial charge in [0.25, 0.3) is 0 Å². The van der Waals surface area contributed by atoms with Gasteiger partial charge in [-0.2, -0.15) is 0 Å². The van der Waals surface area contributed by atoms with Gasteiger partial charge in [-0.1, -0.05) is 11.2 Å². The number of methoxy groups -OCH3 is 1. The van der Waals surface area contributed by atoms with E-state index in [4.69, 9.17) is 4.74 Å². The summed E-state index contributed by atoms with van der Waals surface area (Å²) in [5.41, 5.74) is 2.47. The number of aromatic nitrogens is 4. The molecule has 1 aromatic carbocycles. The first kappa shape index (κ1) is 13.5. The molecule has 0 saturated heterocycles. The summed E-state index contributed by atoms with van der Waals surface area (Å²) in [5.74, 6) is 1.15. The second-order valence-electron chi connectivity index (χ2n) is 5.19. The van der Waals surface area contributed by atoms with E-state index in [9.17, 15) is 4.79 Å². The summed E-state index contributed by atoms with van der Waals surface area (Å²) in [4.78, 5) is 12.3. The minimum Gasteiger partial charge on any atom is -0.497 e. The Hall–Kier alpha value is -2.44. The van der Waals surface area contributed by atoms with Crippen molar-refractivity contribution < 1.29 is 9.53 Å². The van der Waals surface area contributed by atoms with E-state index >= 15 is 0 Å². The van der Waals surface area contributed by atoms with Crippen LogP contribution in [0.2, 0.25) is 0 Å². The number of carbonyl (C=O) groups is 1. The van der Waals surface area contributed by atoms with Gasteiger partial charge in [-0.15, -0.1) is 0 Å². The van der Waals surface area contributed by atoms with Gasteiger partial charge in [0.05, 0.1) is 7.11 Å². The molecule has 110 valence electrons. The predicted molar refractivity (Wildman–Crippen MR) is 75.9 cm³/mol. The van der Waals surface area contributed by atoms with Gasteiger partial charge in [-0.25, -0.2) is 4.68 Å². The Balaban J connectivity index is 1.71. The first-order valence-corrected chi connectivity index (χ1v) is 6.86. The number of amides is 1. The molecule has 3 rings (SSSR count). The summed E-state index contributed by atoms with van der Waals surface area (Å²) in [6.07, 6.45) is 2.43. The molecule has 1 atom stereocenters. The number of rotatable bonds is 3. The standard InChI is InChI=1S/C14H17N5O2/c1-19-14(16-17-18-19)15-13(20)11-4-3-10-8-12(21-2)6-5-9(10)7-11/h5-6,8,11H,3-4,7H2,1-2H3,(H,15,16,18,20). The minimum absolute atomic E-state index is 0.0330. The van der Waals surface area contributed by atoms with E-state index in [0.717, 1.165) is 25.0 Å². The fraction of sp³-hybridized carbons (Fsp3) is 0.429. The van der Waals surface area contributed by atoms with Gasteiger partial charge in [-0.3, -0.25) is 10.1 Å². The molecule has 0 spiro atoms. The third-order valence-corrected chi connectivity index (χ3v) is 3.87. The van der Waals surface area contributed by atoms with Crippen molar-refractivity contribution >= 4 is 11.9 Å². The van der Waals surface area contributed by atoms with Crippen LogP contribution in [0.5, 0.6) is 5.75 Å². The molecule has 0 aliphatic heterocycles. The average molecular weight is 287 g/mol. The van der Waals surface area contributed by atoms with E-state index in [0.29, 0.717) is 5.95 Å². The Morgan fingerprint density at radius 1 is 1.43 bits per heavy atom. The molecule has 21 heavy (non-hydrogen) atoms. The Morgan fingerprint density at radius 3 is 3.00 bits per heavy atom. The first-order chi connectivity index (χ1) is 10.2. The molecule has 0 fully saturated rings. The number of fused-ring (bicyclic) bond motifs is 1. The van der Waals surface area contributed by atoms with Gasteiger partial charge in [0.2, 0.25) is 11.9 Å². The van der Waals surface area contributed by atoms with E-state index < -0.39 is 0 Å². The predicted octanol–water partition coefficient (Wildman–Crippen LogP) is 0.962. The maximum atomic E-state index is 12.3. The molecule has 0 saturated carbocycles. The van der Waals surface area contributed by atoms with Gasteiger partial charge >= 0.3 is 0 Å². The fourth-order valence-electron chi connectivity index (χ4n) is 2.63. The van der Waals surface area contributed by atoms with Gasteiger partial charge < -0.3 is 4.74 Å². The van der Waals surface area contributed by atoms with Crippen LogP contribution >= 0.6 is 0 Å². The van der Waals surface area contributed by atoms with E-state index in [1.54, 1.807) is 14.2 Å². The Bertz CT molecular complexity index is 667. The van der Waals surface area contributed by atoms with Gasteiger partial charge in [0.1, 0.15) is 5.75 Å². The molecule has 1 aliphatic rings. The summed E-state index contributed by atoms with van der Waals surface area (Å²) in [7, 11) is 3.35. The van der Waals surface area contributed by atoms with E-state index in [1.165, 1.54) is 15.8 Å². The van der Waals surface area contributed by atoms with Crippen molar-refractivity contribution in [2.45, 2.75) is 19.3 Å². The summed E-state index contributed by atoms with van der Waals surface area (Å²) in [6.45, 7) is 0. The molecule has 1 N–H and O–H groups in total. The summed E-state index contributed by atoms with van der Waals surface area (Å²) in [6, 6.07) is 6.03. The van der Waals surface area contributed by atoms with Crippen LogP contribution in [-0.4, -0.2) is 33.2 Å². The van der Waals surface area contributed by atoms with Crippen molar-refractivity contribution in [3.8, 4) is 5.75 Å². The molecule has 1 unspecified atom stereocenters. The smallest absolute Gasteiger partial charge is 0.249 e. The number of nitrogens with zero attached hydrogens (tertiary/aromatic N) is 4. The monoisotopic (exact) mass is 287 g/mol. The van der Waals surface area contributed by atoms with Crippen LogP contribution in [0.4, 0.5) is 5.95 Å². The van der Waals surface area contributed by atoms with Crippen molar-refractivity contribution in [2.75, 3.05) is 12.4 Å². The fourth-order valence-corrected chi connectivity index (χ4v) is 2.63. The van der Waals surface area contributed by atoms with Crippen LogP contribution in [0.3, 0.4) is 0 Å². The van der Waals surface area contributed by atoms with Gasteiger partial charge in [0.15, 0.2) is 0 Å². The number of hydrogen-bond donors (Lipinski definition) is 1. The Labute approximate surface area is 122 Å². The Morgan fingerprint density at radius 2 is 2.29 bits per heavy atom. The number of benzene rings is 1. The molecular weight excluding hydrogens is 270 g/mol. The minimum atomic E-state index is -0.0532. The molecule has 7 heteroatoms. The maximum absolute atomic E-state index is 12.3. The van der Waals surface area contributed by atoms with Crippen LogP contribution in [0.15, 0.2) is 18.2 Å². The lowest BCUT2D eigenvalue weighted by atomic mass is 9.83. The van der Waals surface area contributed by atoms with Crippen LogP contribution in [0.1, 0.15) is 17.5 Å². The summed E-state index contributed by atoms with van der Waals surface area (Å²) in [5, 5.41) is 13.8. The molecule has 1 heterocycles. The van der Waals surface area contributed by atoms with E-state index in [2.05, 4.69) is 26.9 Å². The highest BCUT2D eigenvalue weighted by Gasteiger charge is 2.25. The van der Waals surface area contributed by atoms with Crippen molar-refractivity contribution in [1.29, 1.82) is 0 Å². The zero-order chi connectivity index (χ0) is 14.8. The number of ether oxygens (including phenoxy) is 1. The lowest BCUT2D eigenvalue weighted by Crippen LogP contribution is -2.29. The highest BCUT2D eigenvalue weighted by atomic mass is 16.5. The highest BCUT2D eigenvalue weighted by Crippen LogP contribution is 2.29. The van der Waals surface area contributed by atoms with Crippen LogP contribution < -0.4 is 10.1 Å². The van der Waals surface area contributed by atoms with Crippen LogP contribution in [0.25, 0.3) is 0 Å². The van der Waals surface area contributed by atoms with Crippen LogP contribution in [0, 0.1) is 5.92 Å². The lowest BCUT2D eigenvalue weighted by Gasteiger charge is -2.23. The molecule has 1 aliphatic carbocycles. The van der Waals surface area contributed by atoms with Crippen molar-refractivity contribution in [1.82, 2.24) is 20.2 Å². The average Bonchev–Trinajstić information content (AvgIpc) is 2.91. The molecule has 1 aromatic heterocycles. The third-order valence-electron chi connectivity index (χ3n) is 3.87. The van der Waals surface area contributed by atoms with Crippen molar-refractivity contribution in [3.05, 3.63) is 29.3 Å². The number of carbonyl (C=O) groups excluding carboxylic acids is 1. The van der Waals surface area contributed by atoms with Crippen molar-refractivity contribution in [2.24, 2.45) is 13.0 Å². The maximum Gasteiger partial charge on any atom is 0.249 e. The van der Waals surface area contributed by atoms with E-state index in [1.807, 2.05) is 12.1 Å². The number of anilines is 1. The number of hydrogen-bond acceptors (Lipinski definition) is 5. The second-order valence-corrected chi connectivity index (χ2v) is 5.19. The zero-order valence-electron chi connectivity index (χ0n) is 12.0. The first-order valence-electron chi connectivity index (χ1n) is 6.86. The largest absolute Gasteiger partial charge is 0.497 e. The van der Waals surface area contributed by atoms with Gasteiger partial charge in [0, 0.05) is 13.0 Å². The molecule has 7 nitrogen and oxygen atoms in total. The van der Waals surface area contributed by atoms with E-state index in [-0.39, 0.29) is 11.8 Å².